The molecule has 4 nitrogen and oxygen atoms in total. The highest BCUT2D eigenvalue weighted by Gasteiger charge is 2.30. The van der Waals surface area contributed by atoms with Crippen molar-refractivity contribution in [1.82, 2.24) is 0 Å². The standard InChI is InChI=1S/C26H19F3O4/c1-16-21(14-24(33-16)17-8-10-22(11-9-17)26(27,28)29)15-32-23-7-3-5-19(13-23)18-4-2-6-20(12-18)25(30)31/h2-14H,15H2,1H3,(H,30,31). The average Bonchev–Trinajstić information content (AvgIpc) is 3.18. The first-order valence-electron chi connectivity index (χ1n) is 10.0. The summed E-state index contributed by atoms with van der Waals surface area (Å²) in [5.41, 5.74) is 2.35. The Morgan fingerprint density at radius 3 is 2.24 bits per heavy atom. The van der Waals surface area contributed by atoms with Crippen LogP contribution in [0.1, 0.15) is 27.2 Å². The fraction of sp³-hybridized carbons (Fsp3) is 0.115. The van der Waals surface area contributed by atoms with Gasteiger partial charge in [-0.3, -0.25) is 0 Å². The number of rotatable bonds is 6. The lowest BCUT2D eigenvalue weighted by Gasteiger charge is -2.08. The van der Waals surface area contributed by atoms with Crippen LogP contribution in [0.4, 0.5) is 13.2 Å². The van der Waals surface area contributed by atoms with Crippen LogP contribution in [0.15, 0.2) is 83.3 Å². The molecule has 0 atom stereocenters. The van der Waals surface area contributed by atoms with E-state index in [0.29, 0.717) is 22.8 Å². The molecule has 1 N–H and O–H groups in total. The minimum absolute atomic E-state index is 0.198. The van der Waals surface area contributed by atoms with Gasteiger partial charge in [0.1, 0.15) is 23.9 Å². The molecule has 0 aliphatic heterocycles. The summed E-state index contributed by atoms with van der Waals surface area (Å²) in [4.78, 5) is 11.2. The van der Waals surface area contributed by atoms with E-state index in [0.717, 1.165) is 28.8 Å². The van der Waals surface area contributed by atoms with E-state index in [-0.39, 0.29) is 12.2 Å². The Morgan fingerprint density at radius 1 is 0.909 bits per heavy atom. The zero-order valence-corrected chi connectivity index (χ0v) is 17.5. The summed E-state index contributed by atoms with van der Waals surface area (Å²) in [5.74, 6) is 0.655. The summed E-state index contributed by atoms with van der Waals surface area (Å²) in [5, 5.41) is 9.20. The van der Waals surface area contributed by atoms with Crippen molar-refractivity contribution >= 4 is 5.97 Å². The molecule has 3 aromatic carbocycles. The van der Waals surface area contributed by atoms with Gasteiger partial charge in [0.2, 0.25) is 0 Å². The van der Waals surface area contributed by atoms with E-state index < -0.39 is 17.7 Å². The zero-order chi connectivity index (χ0) is 23.6. The van der Waals surface area contributed by atoms with E-state index in [1.165, 1.54) is 18.2 Å². The van der Waals surface area contributed by atoms with Crippen molar-refractivity contribution in [3.63, 3.8) is 0 Å². The SMILES string of the molecule is Cc1oc(-c2ccc(C(F)(F)F)cc2)cc1COc1cccc(-c2cccc(C(=O)O)c2)c1. The number of hydrogen-bond acceptors (Lipinski definition) is 3. The third-order valence-electron chi connectivity index (χ3n) is 5.19. The largest absolute Gasteiger partial charge is 0.489 e. The van der Waals surface area contributed by atoms with Crippen molar-refractivity contribution < 1.29 is 32.2 Å². The van der Waals surface area contributed by atoms with Crippen molar-refractivity contribution in [2.75, 3.05) is 0 Å². The van der Waals surface area contributed by atoms with Gasteiger partial charge in [0, 0.05) is 11.1 Å². The third kappa shape index (κ3) is 5.09. The fourth-order valence-corrected chi connectivity index (χ4v) is 3.39. The van der Waals surface area contributed by atoms with Crippen LogP contribution in [0.25, 0.3) is 22.5 Å². The highest BCUT2D eigenvalue weighted by atomic mass is 19.4. The molecule has 0 amide bonds. The maximum atomic E-state index is 12.8. The smallest absolute Gasteiger partial charge is 0.416 e. The molecule has 0 saturated carbocycles. The quantitative estimate of drug-likeness (QED) is 0.336. The second kappa shape index (κ2) is 8.86. The van der Waals surface area contributed by atoms with Crippen LogP contribution in [-0.2, 0) is 12.8 Å². The summed E-state index contributed by atoms with van der Waals surface area (Å²) >= 11 is 0. The van der Waals surface area contributed by atoms with Crippen molar-refractivity contribution in [3.8, 4) is 28.2 Å². The van der Waals surface area contributed by atoms with Crippen LogP contribution < -0.4 is 4.74 Å². The average molecular weight is 452 g/mol. The maximum absolute atomic E-state index is 12.8. The van der Waals surface area contributed by atoms with Crippen molar-refractivity contribution in [2.24, 2.45) is 0 Å². The number of benzene rings is 3. The Kier molecular flexibility index (Phi) is 5.96. The Morgan fingerprint density at radius 2 is 1.58 bits per heavy atom. The second-order valence-electron chi connectivity index (χ2n) is 7.47. The van der Waals surface area contributed by atoms with E-state index in [9.17, 15) is 23.1 Å². The highest BCUT2D eigenvalue weighted by Crippen LogP contribution is 2.32. The first kappa shape index (κ1) is 22.2. The van der Waals surface area contributed by atoms with Gasteiger partial charge in [-0.2, -0.15) is 13.2 Å². The van der Waals surface area contributed by atoms with Crippen molar-refractivity contribution in [2.45, 2.75) is 19.7 Å². The summed E-state index contributed by atoms with van der Waals surface area (Å²) in [6, 6.07) is 20.4. The molecule has 33 heavy (non-hydrogen) atoms. The first-order chi connectivity index (χ1) is 15.7. The number of aromatic carboxylic acids is 1. The Hall–Kier alpha value is -4.00. The summed E-state index contributed by atoms with van der Waals surface area (Å²) < 4.78 is 50.0. The summed E-state index contributed by atoms with van der Waals surface area (Å²) in [6.45, 7) is 1.97. The van der Waals surface area contributed by atoms with Crippen LogP contribution in [0.3, 0.4) is 0 Å². The Bertz CT molecular complexity index is 1290. The number of carboxylic acid groups (broad SMARTS) is 1. The minimum atomic E-state index is -4.39. The van der Waals surface area contributed by atoms with Gasteiger partial charge in [-0.25, -0.2) is 4.79 Å². The number of furan rings is 1. The Balaban J connectivity index is 1.49. The van der Waals surface area contributed by atoms with Gasteiger partial charge in [0.05, 0.1) is 11.1 Å². The molecule has 0 spiro atoms. The molecule has 1 heterocycles. The molecule has 0 aliphatic rings. The maximum Gasteiger partial charge on any atom is 0.416 e. The first-order valence-corrected chi connectivity index (χ1v) is 10.0. The van der Waals surface area contributed by atoms with E-state index in [2.05, 4.69) is 0 Å². The molecular formula is C26H19F3O4. The van der Waals surface area contributed by atoms with Crippen LogP contribution in [0.5, 0.6) is 5.75 Å². The number of aryl methyl sites for hydroxylation is 1. The van der Waals surface area contributed by atoms with Crippen LogP contribution in [0.2, 0.25) is 0 Å². The second-order valence-corrected chi connectivity index (χ2v) is 7.47. The zero-order valence-electron chi connectivity index (χ0n) is 17.5. The molecular weight excluding hydrogens is 433 g/mol. The molecule has 0 radical (unpaired) electrons. The van der Waals surface area contributed by atoms with E-state index in [1.807, 2.05) is 24.3 Å². The van der Waals surface area contributed by atoms with Gasteiger partial charge in [0.15, 0.2) is 0 Å². The van der Waals surface area contributed by atoms with Gasteiger partial charge >= 0.3 is 12.1 Å². The summed E-state index contributed by atoms with van der Waals surface area (Å²) in [6.07, 6.45) is -4.39. The number of carboxylic acids is 1. The molecule has 0 bridgehead atoms. The monoisotopic (exact) mass is 452 g/mol. The van der Waals surface area contributed by atoms with Gasteiger partial charge in [-0.1, -0.05) is 36.4 Å². The predicted molar refractivity (Wildman–Crippen MR) is 117 cm³/mol. The van der Waals surface area contributed by atoms with Crippen LogP contribution in [-0.4, -0.2) is 11.1 Å². The minimum Gasteiger partial charge on any atom is -0.489 e. The Labute approximate surface area is 187 Å². The predicted octanol–water partition coefficient (Wildman–Crippen LogP) is 7.22. The lowest BCUT2D eigenvalue weighted by atomic mass is 10.0. The molecule has 7 heteroatoms. The topological polar surface area (TPSA) is 59.7 Å². The normalized spacial score (nSPS) is 11.4. The number of alkyl halides is 3. The number of ether oxygens (including phenoxy) is 1. The van der Waals surface area contributed by atoms with E-state index in [4.69, 9.17) is 9.15 Å². The van der Waals surface area contributed by atoms with E-state index >= 15 is 0 Å². The van der Waals surface area contributed by atoms with Crippen LogP contribution in [0, 0.1) is 6.92 Å². The highest BCUT2D eigenvalue weighted by molar-refractivity contribution is 5.89. The molecule has 0 fully saturated rings. The van der Waals surface area contributed by atoms with Crippen molar-refractivity contribution in [1.29, 1.82) is 0 Å². The van der Waals surface area contributed by atoms with E-state index in [1.54, 1.807) is 31.2 Å². The molecule has 0 aliphatic carbocycles. The number of halogens is 3. The number of hydrogen-bond donors (Lipinski definition) is 1. The number of carbonyl (C=O) groups is 1. The lowest BCUT2D eigenvalue weighted by Crippen LogP contribution is -2.03. The molecule has 4 rings (SSSR count). The van der Waals surface area contributed by atoms with Crippen molar-refractivity contribution in [3.05, 3.63) is 101 Å². The lowest BCUT2D eigenvalue weighted by molar-refractivity contribution is -0.137. The van der Waals surface area contributed by atoms with Crippen LogP contribution >= 0.6 is 0 Å². The van der Waals surface area contributed by atoms with Gasteiger partial charge in [0.25, 0.3) is 0 Å². The van der Waals surface area contributed by atoms with Gasteiger partial charge in [-0.15, -0.1) is 0 Å². The summed E-state index contributed by atoms with van der Waals surface area (Å²) in [7, 11) is 0. The molecule has 0 saturated heterocycles. The van der Waals surface area contributed by atoms with Gasteiger partial charge in [-0.05, 0) is 60.5 Å². The molecule has 0 unspecified atom stereocenters. The molecule has 168 valence electrons. The third-order valence-corrected chi connectivity index (χ3v) is 5.19. The van der Waals surface area contributed by atoms with Gasteiger partial charge < -0.3 is 14.3 Å². The fourth-order valence-electron chi connectivity index (χ4n) is 3.39. The molecule has 1 aromatic heterocycles. The molecule has 4 aromatic rings.